The van der Waals surface area contributed by atoms with E-state index in [-0.39, 0.29) is 16.2 Å². The Bertz CT molecular complexity index is 1580. The molecule has 13 heteroatoms. The van der Waals surface area contributed by atoms with E-state index in [9.17, 15) is 26.0 Å². The number of urea groups is 1. The molecule has 0 radical (unpaired) electrons. The number of sulfone groups is 1. The Morgan fingerprint density at radius 3 is 2.24 bits per heavy atom. The molecule has 38 heavy (non-hydrogen) atoms. The van der Waals surface area contributed by atoms with Crippen LogP contribution in [0, 0.1) is 5.82 Å². The number of rotatable bonds is 7. The van der Waals surface area contributed by atoms with Crippen LogP contribution >= 0.6 is 11.6 Å². The minimum atomic E-state index is -4.32. The third-order valence-electron chi connectivity index (χ3n) is 6.00. The molecular formula is C25H24ClFN4O5S2. The lowest BCUT2D eigenvalue weighted by Gasteiger charge is -2.31. The first-order valence-electron chi connectivity index (χ1n) is 11.3. The average molecular weight is 579 g/mol. The minimum Gasteiger partial charge on any atom is -0.333 e. The van der Waals surface area contributed by atoms with Gasteiger partial charge in [0.2, 0.25) is 10.0 Å². The summed E-state index contributed by atoms with van der Waals surface area (Å²) in [4.78, 5) is 13.1. The number of nitrogens with one attached hydrogen (secondary N) is 1. The van der Waals surface area contributed by atoms with E-state index in [1.54, 1.807) is 30.3 Å². The fourth-order valence-corrected chi connectivity index (χ4v) is 7.29. The standard InChI is InChI=1S/C25H24ClFN4O5S2/c1-17(15-37(28,33)34)29-24(32)31-16-25(19-5-3-2-4-6-19,23(30-31)18-7-11-21(27)12-8-18)38(35,36)22-13-9-20(26)10-14-22/h2-14,17H,15-16H2,1H3,(H,29,32)(H2,28,33,34)/t17-,25?/m1/s1. The Morgan fingerprint density at radius 2 is 1.66 bits per heavy atom. The second kappa shape index (κ2) is 10.4. The van der Waals surface area contributed by atoms with Crippen LogP contribution in [0.3, 0.4) is 0 Å². The molecule has 3 aromatic carbocycles. The summed E-state index contributed by atoms with van der Waals surface area (Å²) >= 11 is 6.00. The molecule has 1 heterocycles. The molecule has 0 bridgehead atoms. The van der Waals surface area contributed by atoms with E-state index < -0.39 is 54.8 Å². The van der Waals surface area contributed by atoms with Crippen molar-refractivity contribution in [3.63, 3.8) is 0 Å². The van der Waals surface area contributed by atoms with Crippen molar-refractivity contribution in [1.82, 2.24) is 10.3 Å². The molecule has 3 aromatic rings. The van der Waals surface area contributed by atoms with Gasteiger partial charge < -0.3 is 5.32 Å². The Morgan fingerprint density at radius 1 is 1.05 bits per heavy atom. The van der Waals surface area contributed by atoms with Crippen LogP contribution in [0.15, 0.2) is 88.9 Å². The van der Waals surface area contributed by atoms with E-state index >= 15 is 0 Å². The number of sulfonamides is 1. The Kier molecular flexibility index (Phi) is 7.62. The van der Waals surface area contributed by atoms with Gasteiger partial charge in [-0.25, -0.2) is 36.2 Å². The third-order valence-corrected chi connectivity index (χ3v) is 9.59. The van der Waals surface area contributed by atoms with Crippen LogP contribution in [-0.4, -0.2) is 51.9 Å². The molecule has 2 atom stereocenters. The zero-order chi connectivity index (χ0) is 27.7. The number of carbonyl (C=O) groups excluding carboxylic acids is 1. The monoisotopic (exact) mass is 578 g/mol. The summed E-state index contributed by atoms with van der Waals surface area (Å²) in [5.74, 6) is -1.07. The highest BCUT2D eigenvalue weighted by atomic mass is 35.5. The van der Waals surface area contributed by atoms with E-state index in [4.69, 9.17) is 16.7 Å². The highest BCUT2D eigenvalue weighted by Gasteiger charge is 2.56. The van der Waals surface area contributed by atoms with Gasteiger partial charge in [0.05, 0.1) is 22.9 Å². The highest BCUT2D eigenvalue weighted by molar-refractivity contribution is 7.93. The summed E-state index contributed by atoms with van der Waals surface area (Å²) in [6.07, 6.45) is 0. The van der Waals surface area contributed by atoms with Gasteiger partial charge in [0, 0.05) is 16.6 Å². The largest absolute Gasteiger partial charge is 0.338 e. The van der Waals surface area contributed by atoms with Gasteiger partial charge in [-0.2, -0.15) is 5.10 Å². The first-order valence-corrected chi connectivity index (χ1v) is 14.9. The van der Waals surface area contributed by atoms with Crippen LogP contribution < -0.4 is 10.5 Å². The number of hydrogen-bond acceptors (Lipinski definition) is 6. The number of hydrazone groups is 1. The van der Waals surface area contributed by atoms with E-state index in [0.717, 1.165) is 5.01 Å². The SMILES string of the molecule is C[C@H](CS(N)(=O)=O)NC(=O)N1CC(c2ccccc2)(S(=O)(=O)c2ccc(Cl)cc2)C(c2ccc(F)cc2)=N1. The normalized spacial score (nSPS) is 18.6. The van der Waals surface area contributed by atoms with Crippen molar-refractivity contribution >= 4 is 43.2 Å². The quantitative estimate of drug-likeness (QED) is 0.443. The molecule has 1 aliphatic rings. The van der Waals surface area contributed by atoms with Crippen LogP contribution in [0.1, 0.15) is 18.1 Å². The number of primary sulfonamides is 1. The maximum Gasteiger partial charge on any atom is 0.338 e. The molecule has 0 saturated heterocycles. The van der Waals surface area contributed by atoms with Crippen molar-refractivity contribution in [2.24, 2.45) is 10.2 Å². The number of benzene rings is 3. The van der Waals surface area contributed by atoms with Crippen LogP contribution in [0.25, 0.3) is 0 Å². The Hall–Kier alpha value is -3.32. The third kappa shape index (κ3) is 5.44. The molecule has 200 valence electrons. The van der Waals surface area contributed by atoms with Gasteiger partial charge in [0.1, 0.15) is 5.82 Å². The first-order chi connectivity index (χ1) is 17.8. The summed E-state index contributed by atoms with van der Waals surface area (Å²) in [7, 11) is -8.21. The molecule has 0 fully saturated rings. The first kappa shape index (κ1) is 27.7. The van der Waals surface area contributed by atoms with Gasteiger partial charge in [0.25, 0.3) is 0 Å². The van der Waals surface area contributed by atoms with Crippen LogP contribution in [0.2, 0.25) is 5.02 Å². The van der Waals surface area contributed by atoms with Crippen molar-refractivity contribution < 1.29 is 26.0 Å². The number of nitrogens with two attached hydrogens (primary N) is 1. The lowest BCUT2D eigenvalue weighted by Crippen LogP contribution is -2.49. The molecule has 1 unspecified atom stereocenters. The van der Waals surface area contributed by atoms with Crippen LogP contribution in [-0.2, 0) is 24.6 Å². The van der Waals surface area contributed by atoms with E-state index in [2.05, 4.69) is 10.4 Å². The van der Waals surface area contributed by atoms with Gasteiger partial charge >= 0.3 is 6.03 Å². The van der Waals surface area contributed by atoms with Crippen molar-refractivity contribution in [3.05, 3.63) is 101 Å². The summed E-state index contributed by atoms with van der Waals surface area (Å²) < 4.78 is 63.7. The van der Waals surface area contributed by atoms with Gasteiger partial charge in [-0.05, 0) is 48.9 Å². The molecule has 4 rings (SSSR count). The second-order valence-corrected chi connectivity index (χ2v) is 13.1. The predicted octanol–water partition coefficient (Wildman–Crippen LogP) is 3.25. The molecule has 3 N–H and O–H groups in total. The van der Waals surface area contributed by atoms with Crippen LogP contribution in [0.4, 0.5) is 9.18 Å². The van der Waals surface area contributed by atoms with Crippen molar-refractivity contribution in [2.45, 2.75) is 22.6 Å². The molecule has 0 saturated carbocycles. The molecule has 1 aliphatic heterocycles. The van der Waals surface area contributed by atoms with Gasteiger partial charge in [-0.3, -0.25) is 0 Å². The maximum absolute atomic E-state index is 14.4. The average Bonchev–Trinajstić information content (AvgIpc) is 3.27. The van der Waals surface area contributed by atoms with E-state index in [0.29, 0.717) is 10.6 Å². The van der Waals surface area contributed by atoms with Gasteiger partial charge in [0.15, 0.2) is 14.6 Å². The van der Waals surface area contributed by atoms with Gasteiger partial charge in [-0.15, -0.1) is 0 Å². The number of hydrogen-bond donors (Lipinski definition) is 2. The van der Waals surface area contributed by atoms with Crippen molar-refractivity contribution in [3.8, 4) is 0 Å². The molecule has 0 spiro atoms. The summed E-state index contributed by atoms with van der Waals surface area (Å²) in [5, 5.41) is 13.3. The fraction of sp³-hybridized carbons (Fsp3) is 0.200. The molecular weight excluding hydrogens is 555 g/mol. The number of amides is 2. The van der Waals surface area contributed by atoms with Crippen molar-refractivity contribution in [2.75, 3.05) is 12.3 Å². The highest BCUT2D eigenvalue weighted by Crippen LogP contribution is 2.43. The Balaban J connectivity index is 1.91. The zero-order valence-corrected chi connectivity index (χ0v) is 22.5. The second-order valence-electron chi connectivity index (χ2n) is 8.84. The lowest BCUT2D eigenvalue weighted by atomic mass is 9.89. The zero-order valence-electron chi connectivity index (χ0n) is 20.1. The molecule has 0 aliphatic carbocycles. The van der Waals surface area contributed by atoms with E-state index in [1.807, 2.05) is 0 Å². The lowest BCUT2D eigenvalue weighted by molar-refractivity contribution is 0.200. The number of carbonyl (C=O) groups is 1. The smallest absolute Gasteiger partial charge is 0.333 e. The Labute approximate surface area is 225 Å². The molecule has 2 amide bonds. The maximum atomic E-state index is 14.4. The fourth-order valence-electron chi connectivity index (χ4n) is 4.33. The molecule has 9 nitrogen and oxygen atoms in total. The van der Waals surface area contributed by atoms with E-state index in [1.165, 1.54) is 55.5 Å². The minimum absolute atomic E-state index is 0.00657. The summed E-state index contributed by atoms with van der Waals surface area (Å²) in [5.41, 5.74) is 0.597. The van der Waals surface area contributed by atoms with Crippen molar-refractivity contribution in [1.29, 1.82) is 0 Å². The number of nitrogens with zero attached hydrogens (tertiary/aromatic N) is 2. The number of halogens is 2. The molecule has 0 aromatic heterocycles. The topological polar surface area (TPSA) is 139 Å². The summed E-state index contributed by atoms with van der Waals surface area (Å²) in [6, 6.07) is 17.2. The predicted molar refractivity (Wildman–Crippen MR) is 142 cm³/mol. The van der Waals surface area contributed by atoms with Gasteiger partial charge in [-0.1, -0.05) is 54.1 Å². The van der Waals surface area contributed by atoms with Crippen LogP contribution in [0.5, 0.6) is 0 Å². The summed E-state index contributed by atoms with van der Waals surface area (Å²) in [6.45, 7) is 1.00.